The van der Waals surface area contributed by atoms with Crippen molar-refractivity contribution in [3.8, 4) is 0 Å². The second-order valence-electron chi connectivity index (χ2n) is 5.81. The van der Waals surface area contributed by atoms with Crippen LogP contribution in [0.2, 0.25) is 0 Å². The van der Waals surface area contributed by atoms with Gasteiger partial charge in [-0.15, -0.1) is 0 Å². The number of aliphatic carboxylic acids is 1. The van der Waals surface area contributed by atoms with Crippen LogP contribution in [0, 0.1) is 11.8 Å². The van der Waals surface area contributed by atoms with Gasteiger partial charge in [0.1, 0.15) is 6.04 Å². The standard InChI is InChI=1S/C7H10F3N3O2.C7H14F3NO/c1-2-4(3-7(8,9)10)5(6(14)15)12-13-11;1-2-5(6(11)4-12)3-7(8,9)10/h4-5H,2-3H2,1H3,(H,14,15);5-6,12H,2-4,11H2,1H3/t4-,5-;5-,6+/m00/s1. The minimum Gasteiger partial charge on any atom is -0.481 e. The summed E-state index contributed by atoms with van der Waals surface area (Å²) in [5.41, 5.74) is 13.3. The summed E-state index contributed by atoms with van der Waals surface area (Å²) in [4.78, 5) is 12.8. The molecule has 4 atom stereocenters. The van der Waals surface area contributed by atoms with E-state index in [4.69, 9.17) is 21.5 Å². The van der Waals surface area contributed by atoms with Gasteiger partial charge in [-0.2, -0.15) is 26.3 Å². The minimum atomic E-state index is -4.46. The molecule has 0 amide bonds. The van der Waals surface area contributed by atoms with E-state index < -0.39 is 61.7 Å². The van der Waals surface area contributed by atoms with E-state index in [0.29, 0.717) is 6.42 Å². The Hall–Kier alpha value is -1.72. The molecule has 0 fully saturated rings. The largest absolute Gasteiger partial charge is 0.481 e. The Morgan fingerprint density at radius 3 is 1.74 bits per heavy atom. The number of alkyl halides is 6. The first-order chi connectivity index (χ1) is 12.2. The number of carboxylic acids is 1. The van der Waals surface area contributed by atoms with Gasteiger partial charge in [-0.25, -0.2) is 0 Å². The lowest BCUT2D eigenvalue weighted by atomic mass is 9.94. The summed E-state index contributed by atoms with van der Waals surface area (Å²) in [6.07, 6.45) is -10.5. The van der Waals surface area contributed by atoms with E-state index in [9.17, 15) is 31.1 Å². The number of nitrogens with two attached hydrogens (primary N) is 1. The first kappa shape index (κ1) is 27.5. The van der Waals surface area contributed by atoms with E-state index in [1.807, 2.05) is 0 Å². The lowest BCUT2D eigenvalue weighted by Gasteiger charge is -2.21. The van der Waals surface area contributed by atoms with E-state index in [1.165, 1.54) is 6.92 Å². The highest BCUT2D eigenvalue weighted by Gasteiger charge is 2.37. The fourth-order valence-electron chi connectivity index (χ4n) is 2.22. The molecule has 7 nitrogen and oxygen atoms in total. The molecule has 0 aromatic carbocycles. The second-order valence-corrected chi connectivity index (χ2v) is 5.81. The zero-order valence-electron chi connectivity index (χ0n) is 14.8. The molecule has 0 heterocycles. The van der Waals surface area contributed by atoms with Gasteiger partial charge in [0.25, 0.3) is 0 Å². The van der Waals surface area contributed by atoms with Crippen molar-refractivity contribution in [2.24, 2.45) is 22.7 Å². The van der Waals surface area contributed by atoms with E-state index in [-0.39, 0.29) is 6.42 Å². The lowest BCUT2D eigenvalue weighted by Crippen LogP contribution is -2.36. The van der Waals surface area contributed by atoms with Crippen LogP contribution in [0.25, 0.3) is 10.4 Å². The molecule has 0 bridgehead atoms. The van der Waals surface area contributed by atoms with Crippen LogP contribution < -0.4 is 5.73 Å². The molecule has 0 aliphatic heterocycles. The smallest absolute Gasteiger partial charge is 0.389 e. The predicted molar refractivity (Wildman–Crippen MR) is 84.5 cm³/mol. The Labute approximate surface area is 152 Å². The zero-order valence-corrected chi connectivity index (χ0v) is 14.8. The van der Waals surface area contributed by atoms with Gasteiger partial charge in [0.05, 0.1) is 6.61 Å². The van der Waals surface area contributed by atoms with Gasteiger partial charge in [0, 0.05) is 23.8 Å². The van der Waals surface area contributed by atoms with Crippen molar-refractivity contribution in [3.05, 3.63) is 10.4 Å². The first-order valence-electron chi connectivity index (χ1n) is 7.99. The first-order valence-corrected chi connectivity index (χ1v) is 7.99. The third-order valence-electron chi connectivity index (χ3n) is 3.73. The summed E-state index contributed by atoms with van der Waals surface area (Å²) in [6, 6.07) is -2.43. The molecule has 160 valence electrons. The van der Waals surface area contributed by atoms with Crippen LogP contribution in [0.3, 0.4) is 0 Å². The van der Waals surface area contributed by atoms with Crippen molar-refractivity contribution in [1.29, 1.82) is 0 Å². The van der Waals surface area contributed by atoms with Crippen LogP contribution in [0.1, 0.15) is 39.5 Å². The number of nitrogens with zero attached hydrogens (tertiary/aromatic N) is 3. The number of carboxylic acid groups (broad SMARTS) is 1. The summed E-state index contributed by atoms with van der Waals surface area (Å²) in [7, 11) is 0. The summed E-state index contributed by atoms with van der Waals surface area (Å²) >= 11 is 0. The molecule has 0 aromatic heterocycles. The molecule has 0 saturated carbocycles. The number of halogens is 6. The van der Waals surface area contributed by atoms with Crippen molar-refractivity contribution in [1.82, 2.24) is 0 Å². The van der Waals surface area contributed by atoms with Gasteiger partial charge in [-0.05, 0) is 17.4 Å². The quantitative estimate of drug-likeness (QED) is 0.229. The number of rotatable bonds is 9. The fourth-order valence-corrected chi connectivity index (χ4v) is 2.22. The molecular formula is C14H24F6N4O3. The molecule has 0 rings (SSSR count). The molecule has 0 aliphatic rings. The predicted octanol–water partition coefficient (Wildman–Crippen LogP) is 4.01. The highest BCUT2D eigenvalue weighted by molar-refractivity contribution is 5.74. The molecule has 0 unspecified atom stereocenters. The Bertz CT molecular complexity index is 478. The average molecular weight is 410 g/mol. The monoisotopic (exact) mass is 410 g/mol. The van der Waals surface area contributed by atoms with Gasteiger partial charge < -0.3 is 15.9 Å². The van der Waals surface area contributed by atoms with E-state index in [2.05, 4.69) is 10.0 Å². The SMILES string of the molecule is CC[C@@H](CC(F)(F)F)[C@H](N)CO.CC[C@@H](CC(F)(F)F)[C@H](N=[N+]=[N-])C(=O)O. The van der Waals surface area contributed by atoms with Crippen LogP contribution in [-0.4, -0.2) is 47.2 Å². The molecule has 0 spiro atoms. The Morgan fingerprint density at radius 2 is 1.48 bits per heavy atom. The third-order valence-corrected chi connectivity index (χ3v) is 3.73. The van der Waals surface area contributed by atoms with E-state index >= 15 is 0 Å². The van der Waals surface area contributed by atoms with E-state index in [0.717, 1.165) is 0 Å². The maximum Gasteiger partial charge on any atom is 0.389 e. The molecule has 0 saturated heterocycles. The highest BCUT2D eigenvalue weighted by Crippen LogP contribution is 2.30. The maximum absolute atomic E-state index is 12.0. The van der Waals surface area contributed by atoms with Crippen LogP contribution in [-0.2, 0) is 4.79 Å². The van der Waals surface area contributed by atoms with Gasteiger partial charge in [-0.3, -0.25) is 4.79 Å². The molecule has 0 aliphatic carbocycles. The van der Waals surface area contributed by atoms with Gasteiger partial charge in [0.15, 0.2) is 0 Å². The second kappa shape index (κ2) is 12.6. The number of aliphatic hydroxyl groups excluding tert-OH is 1. The Kier molecular flexibility index (Phi) is 12.9. The number of hydrogen-bond donors (Lipinski definition) is 3. The summed E-state index contributed by atoms with van der Waals surface area (Å²) in [6.45, 7) is 2.65. The molecular weight excluding hydrogens is 386 g/mol. The van der Waals surface area contributed by atoms with Gasteiger partial charge in [-0.1, -0.05) is 31.8 Å². The van der Waals surface area contributed by atoms with Crippen LogP contribution >= 0.6 is 0 Å². The third kappa shape index (κ3) is 14.1. The van der Waals surface area contributed by atoms with Crippen LogP contribution in [0.5, 0.6) is 0 Å². The summed E-state index contributed by atoms with van der Waals surface area (Å²) in [5.74, 6) is -3.43. The molecule has 4 N–H and O–H groups in total. The number of carbonyl (C=O) groups is 1. The highest BCUT2D eigenvalue weighted by atomic mass is 19.4. The van der Waals surface area contributed by atoms with Crippen molar-refractivity contribution in [3.63, 3.8) is 0 Å². The molecule has 13 heteroatoms. The van der Waals surface area contributed by atoms with Gasteiger partial charge in [0.2, 0.25) is 0 Å². The Balaban J connectivity index is 0. The van der Waals surface area contributed by atoms with Crippen LogP contribution in [0.15, 0.2) is 5.11 Å². The fraction of sp³-hybridized carbons (Fsp3) is 0.929. The van der Waals surface area contributed by atoms with Crippen LogP contribution in [0.4, 0.5) is 26.3 Å². The van der Waals surface area contributed by atoms with Crippen molar-refractivity contribution >= 4 is 5.97 Å². The number of azide groups is 1. The van der Waals surface area contributed by atoms with E-state index in [1.54, 1.807) is 6.92 Å². The summed E-state index contributed by atoms with van der Waals surface area (Å²) in [5, 5.41) is 20.0. The molecule has 27 heavy (non-hydrogen) atoms. The maximum atomic E-state index is 12.0. The molecule has 0 radical (unpaired) electrons. The van der Waals surface area contributed by atoms with Crippen molar-refractivity contribution in [2.75, 3.05) is 6.61 Å². The van der Waals surface area contributed by atoms with Crippen molar-refractivity contribution < 1.29 is 41.4 Å². The van der Waals surface area contributed by atoms with Crippen molar-refractivity contribution in [2.45, 2.75) is 64.0 Å². The van der Waals surface area contributed by atoms with Gasteiger partial charge >= 0.3 is 18.3 Å². The minimum absolute atomic E-state index is 0.0184. The topological polar surface area (TPSA) is 132 Å². The summed E-state index contributed by atoms with van der Waals surface area (Å²) < 4.78 is 71.6. The zero-order chi connectivity index (χ0) is 21.8. The number of hydrogen-bond acceptors (Lipinski definition) is 4. The lowest BCUT2D eigenvalue weighted by molar-refractivity contribution is -0.153. The number of aliphatic hydroxyl groups is 1. The molecule has 0 aromatic rings. The Morgan fingerprint density at radius 1 is 1.07 bits per heavy atom. The average Bonchev–Trinajstić information content (AvgIpc) is 2.53. The normalized spacial score (nSPS) is 16.2.